The Bertz CT molecular complexity index is 643. The molecule has 0 radical (unpaired) electrons. The topological polar surface area (TPSA) is 78.5 Å². The van der Waals surface area contributed by atoms with Gasteiger partial charge in [-0.2, -0.15) is 0 Å². The molecule has 0 spiro atoms. The Morgan fingerprint density at radius 3 is 2.46 bits per heavy atom. The van der Waals surface area contributed by atoms with Gasteiger partial charge in [0.15, 0.2) is 0 Å². The third-order valence-corrected chi connectivity index (χ3v) is 4.59. The molecule has 0 aromatic heterocycles. The summed E-state index contributed by atoms with van der Waals surface area (Å²) in [5.74, 6) is -0.525. The van der Waals surface area contributed by atoms with E-state index >= 15 is 0 Å². The van der Waals surface area contributed by atoms with Crippen LogP contribution in [-0.4, -0.2) is 48.3 Å². The lowest BCUT2D eigenvalue weighted by Gasteiger charge is -2.15. The number of amides is 3. The van der Waals surface area contributed by atoms with Gasteiger partial charge in [0.25, 0.3) is 5.91 Å². The minimum absolute atomic E-state index is 0.0775. The molecule has 1 aromatic carbocycles. The van der Waals surface area contributed by atoms with Crippen LogP contribution in [0, 0.1) is 5.92 Å². The molecule has 1 aliphatic heterocycles. The lowest BCUT2D eigenvalue weighted by molar-refractivity contribution is -0.129. The number of rotatable bonds is 6. The molecule has 2 fully saturated rings. The second kappa shape index (κ2) is 7.21. The van der Waals surface area contributed by atoms with E-state index in [9.17, 15) is 14.4 Å². The van der Waals surface area contributed by atoms with Crippen LogP contribution in [-0.2, 0) is 9.59 Å². The number of carbonyl (C=O) groups excluding carboxylic acids is 3. The van der Waals surface area contributed by atoms with Gasteiger partial charge in [-0.25, -0.2) is 0 Å². The summed E-state index contributed by atoms with van der Waals surface area (Å²) in [5, 5.41) is 6.10. The van der Waals surface area contributed by atoms with E-state index in [1.807, 2.05) is 4.90 Å². The Kier molecular flexibility index (Phi) is 5.04. The first kappa shape index (κ1) is 16.8. The van der Waals surface area contributed by atoms with Crippen molar-refractivity contribution in [3.63, 3.8) is 0 Å². The van der Waals surface area contributed by atoms with Crippen molar-refractivity contribution in [2.75, 3.05) is 19.6 Å². The van der Waals surface area contributed by atoms with Crippen molar-refractivity contribution in [1.82, 2.24) is 15.5 Å². The normalized spacial score (nSPS) is 20.1. The first-order valence-corrected chi connectivity index (χ1v) is 8.53. The zero-order valence-electron chi connectivity index (χ0n) is 13.3. The summed E-state index contributed by atoms with van der Waals surface area (Å²) in [4.78, 5) is 37.7. The van der Waals surface area contributed by atoms with Gasteiger partial charge in [0.05, 0.1) is 5.92 Å². The highest BCUT2D eigenvalue weighted by atomic mass is 35.5. The van der Waals surface area contributed by atoms with Gasteiger partial charge < -0.3 is 15.5 Å². The Morgan fingerprint density at radius 1 is 1.12 bits per heavy atom. The van der Waals surface area contributed by atoms with Crippen LogP contribution in [0.5, 0.6) is 0 Å². The Labute approximate surface area is 145 Å². The lowest BCUT2D eigenvalue weighted by Crippen LogP contribution is -2.38. The molecule has 2 N–H and O–H groups in total. The van der Waals surface area contributed by atoms with Gasteiger partial charge >= 0.3 is 0 Å². The number of hydrogen-bond acceptors (Lipinski definition) is 3. The Balaban J connectivity index is 1.37. The van der Waals surface area contributed by atoms with E-state index in [2.05, 4.69) is 10.6 Å². The molecule has 2 aliphatic rings. The fourth-order valence-electron chi connectivity index (χ4n) is 2.86. The van der Waals surface area contributed by atoms with Crippen molar-refractivity contribution in [3.05, 3.63) is 34.9 Å². The van der Waals surface area contributed by atoms with Crippen LogP contribution in [0.1, 0.15) is 29.6 Å². The summed E-state index contributed by atoms with van der Waals surface area (Å²) >= 11 is 5.78. The molecule has 128 valence electrons. The number of halogens is 1. The first-order chi connectivity index (χ1) is 11.5. The maximum atomic E-state index is 12.1. The van der Waals surface area contributed by atoms with Crippen LogP contribution in [0.3, 0.4) is 0 Å². The average molecular weight is 350 g/mol. The smallest absolute Gasteiger partial charge is 0.251 e. The molecular formula is C17H20ClN3O3. The molecule has 1 heterocycles. The van der Waals surface area contributed by atoms with Gasteiger partial charge in [0.1, 0.15) is 0 Å². The molecule has 1 saturated carbocycles. The summed E-state index contributed by atoms with van der Waals surface area (Å²) < 4.78 is 0. The van der Waals surface area contributed by atoms with E-state index in [4.69, 9.17) is 11.6 Å². The Morgan fingerprint density at radius 2 is 1.79 bits per heavy atom. The molecule has 3 amide bonds. The maximum absolute atomic E-state index is 12.1. The zero-order chi connectivity index (χ0) is 17.1. The molecule has 1 aliphatic carbocycles. The minimum Gasteiger partial charge on any atom is -0.354 e. The van der Waals surface area contributed by atoms with Crippen molar-refractivity contribution in [2.24, 2.45) is 5.92 Å². The van der Waals surface area contributed by atoms with E-state index < -0.39 is 0 Å². The lowest BCUT2D eigenvalue weighted by atomic mass is 10.1. The largest absolute Gasteiger partial charge is 0.354 e. The molecule has 7 heteroatoms. The second-order valence-corrected chi connectivity index (χ2v) is 6.67. The Hall–Kier alpha value is -2.08. The number of nitrogens with zero attached hydrogens (tertiary/aromatic N) is 1. The third-order valence-electron chi connectivity index (χ3n) is 4.33. The van der Waals surface area contributed by atoms with E-state index in [1.54, 1.807) is 24.3 Å². The van der Waals surface area contributed by atoms with Crippen LogP contribution in [0.15, 0.2) is 24.3 Å². The van der Waals surface area contributed by atoms with Gasteiger partial charge in [0.2, 0.25) is 11.8 Å². The summed E-state index contributed by atoms with van der Waals surface area (Å²) in [5.41, 5.74) is 0.521. The maximum Gasteiger partial charge on any atom is 0.251 e. The van der Waals surface area contributed by atoms with Gasteiger partial charge in [-0.05, 0) is 37.1 Å². The molecule has 1 atom stereocenters. The third kappa shape index (κ3) is 4.06. The minimum atomic E-state index is -0.273. The highest BCUT2D eigenvalue weighted by Gasteiger charge is 2.41. The molecule has 1 saturated heterocycles. The first-order valence-electron chi connectivity index (χ1n) is 8.15. The molecule has 6 nitrogen and oxygen atoms in total. The molecular weight excluding hydrogens is 330 g/mol. The number of benzene rings is 1. The second-order valence-electron chi connectivity index (χ2n) is 6.23. The van der Waals surface area contributed by atoms with Crippen LogP contribution in [0.4, 0.5) is 0 Å². The van der Waals surface area contributed by atoms with Crippen molar-refractivity contribution in [1.29, 1.82) is 0 Å². The molecule has 0 bridgehead atoms. The zero-order valence-corrected chi connectivity index (χ0v) is 14.0. The van der Waals surface area contributed by atoms with Crippen molar-refractivity contribution in [3.8, 4) is 0 Å². The van der Waals surface area contributed by atoms with Gasteiger partial charge in [0, 0.05) is 42.7 Å². The SMILES string of the molecule is O=C(NCCNC(=O)[C@H]1CC(=O)N(C2CC2)C1)c1ccc(Cl)cc1. The fourth-order valence-corrected chi connectivity index (χ4v) is 2.98. The number of likely N-dealkylation sites (tertiary alicyclic amines) is 1. The highest BCUT2D eigenvalue weighted by molar-refractivity contribution is 6.30. The molecule has 1 aromatic rings. The van der Waals surface area contributed by atoms with E-state index in [1.165, 1.54) is 0 Å². The van der Waals surface area contributed by atoms with E-state index in [-0.39, 0.29) is 23.6 Å². The number of hydrogen-bond donors (Lipinski definition) is 2. The molecule has 3 rings (SSSR count). The average Bonchev–Trinajstić information content (AvgIpc) is 3.34. The van der Waals surface area contributed by atoms with Crippen molar-refractivity contribution >= 4 is 29.3 Å². The van der Waals surface area contributed by atoms with Gasteiger partial charge in [-0.1, -0.05) is 11.6 Å². The van der Waals surface area contributed by atoms with Crippen LogP contribution in [0.2, 0.25) is 5.02 Å². The standard InChI is InChI=1S/C17H20ClN3O3/c18-13-3-1-11(2-4-13)16(23)19-7-8-20-17(24)12-9-15(22)21(10-12)14-5-6-14/h1-4,12,14H,5-10H2,(H,19,23)(H,20,24)/t12-/m0/s1. The van der Waals surface area contributed by atoms with Crippen molar-refractivity contribution in [2.45, 2.75) is 25.3 Å². The molecule has 0 unspecified atom stereocenters. The van der Waals surface area contributed by atoms with Crippen molar-refractivity contribution < 1.29 is 14.4 Å². The fraction of sp³-hybridized carbons (Fsp3) is 0.471. The number of nitrogens with one attached hydrogen (secondary N) is 2. The van der Waals surface area contributed by atoms with Gasteiger partial charge in [-0.3, -0.25) is 14.4 Å². The number of carbonyl (C=O) groups is 3. The van der Waals surface area contributed by atoms with Crippen LogP contribution >= 0.6 is 11.6 Å². The quantitative estimate of drug-likeness (QED) is 0.757. The van der Waals surface area contributed by atoms with E-state index in [0.29, 0.717) is 42.7 Å². The summed E-state index contributed by atoms with van der Waals surface area (Å²) in [6.07, 6.45) is 2.40. The summed E-state index contributed by atoms with van der Waals surface area (Å²) in [6, 6.07) is 6.95. The van der Waals surface area contributed by atoms with E-state index in [0.717, 1.165) is 12.8 Å². The highest BCUT2D eigenvalue weighted by Crippen LogP contribution is 2.32. The van der Waals surface area contributed by atoms with Gasteiger partial charge in [-0.15, -0.1) is 0 Å². The summed E-state index contributed by atoms with van der Waals surface area (Å²) in [7, 11) is 0. The predicted octanol–water partition coefficient (Wildman–Crippen LogP) is 1.20. The van der Waals surface area contributed by atoms with Crippen LogP contribution in [0.25, 0.3) is 0 Å². The van der Waals surface area contributed by atoms with Crippen LogP contribution < -0.4 is 10.6 Å². The predicted molar refractivity (Wildman–Crippen MR) is 89.6 cm³/mol. The summed E-state index contributed by atoms with van der Waals surface area (Å²) in [6.45, 7) is 1.19. The molecule has 24 heavy (non-hydrogen) atoms. The monoisotopic (exact) mass is 349 g/mol.